The molecule has 0 aliphatic rings. The maximum absolute atomic E-state index is 5.18. The van der Waals surface area contributed by atoms with Gasteiger partial charge in [-0.3, -0.25) is 4.98 Å². The normalized spacial score (nSPS) is 14.1. The van der Waals surface area contributed by atoms with Gasteiger partial charge < -0.3 is 14.6 Å². The lowest BCUT2D eigenvalue weighted by Crippen LogP contribution is -2.17. The topological polar surface area (TPSA) is 52.0 Å². The van der Waals surface area contributed by atoms with Crippen LogP contribution in [0.2, 0.25) is 0 Å². The number of rotatable bonds is 6. The predicted octanol–water partition coefficient (Wildman–Crippen LogP) is 2.66. The van der Waals surface area contributed by atoms with Crippen molar-refractivity contribution in [2.45, 2.75) is 25.9 Å². The Hall–Kier alpha value is -1.88. The zero-order valence-electron chi connectivity index (χ0n) is 11.6. The molecule has 0 amide bonds. The summed E-state index contributed by atoms with van der Waals surface area (Å²) in [5, 5.41) is 3.38. The molecule has 2 unspecified atom stereocenters. The number of hydrogen-bond acceptors (Lipinski definition) is 4. The number of pyridine rings is 1. The Bertz CT molecular complexity index is 497. The predicted molar refractivity (Wildman–Crippen MR) is 75.1 cm³/mol. The van der Waals surface area contributed by atoms with Crippen molar-refractivity contribution >= 4 is 5.95 Å². The van der Waals surface area contributed by atoms with Crippen LogP contribution >= 0.6 is 0 Å². The summed E-state index contributed by atoms with van der Waals surface area (Å²) in [5.41, 5.74) is 0.997. The lowest BCUT2D eigenvalue weighted by atomic mass is 10.2. The van der Waals surface area contributed by atoms with Gasteiger partial charge >= 0.3 is 0 Å². The molecule has 5 heteroatoms. The van der Waals surface area contributed by atoms with Crippen LogP contribution in [0.25, 0.3) is 0 Å². The third kappa shape index (κ3) is 3.32. The van der Waals surface area contributed by atoms with Crippen LogP contribution in [-0.4, -0.2) is 28.3 Å². The number of ether oxygens (including phenoxy) is 1. The minimum atomic E-state index is 0.108. The van der Waals surface area contributed by atoms with E-state index in [1.165, 1.54) is 0 Å². The van der Waals surface area contributed by atoms with Crippen molar-refractivity contribution in [2.75, 3.05) is 19.0 Å². The zero-order valence-corrected chi connectivity index (χ0v) is 11.6. The first-order valence-electron chi connectivity index (χ1n) is 6.41. The number of nitrogens with one attached hydrogen (secondary N) is 1. The second kappa shape index (κ2) is 6.33. The SMILES string of the molecule is COCC(C)n1ccnc1NC(C)c1ccccn1. The molecule has 0 spiro atoms. The van der Waals surface area contributed by atoms with Gasteiger partial charge in [0.25, 0.3) is 0 Å². The van der Waals surface area contributed by atoms with Gasteiger partial charge in [0.2, 0.25) is 5.95 Å². The van der Waals surface area contributed by atoms with E-state index in [0.717, 1.165) is 11.6 Å². The van der Waals surface area contributed by atoms with Gasteiger partial charge in [0, 0.05) is 25.7 Å². The molecule has 2 aromatic rings. The maximum Gasteiger partial charge on any atom is 0.203 e. The number of anilines is 1. The first-order valence-corrected chi connectivity index (χ1v) is 6.41. The van der Waals surface area contributed by atoms with Crippen LogP contribution in [0.3, 0.4) is 0 Å². The molecule has 0 radical (unpaired) electrons. The van der Waals surface area contributed by atoms with Gasteiger partial charge in [-0.2, -0.15) is 0 Å². The Morgan fingerprint density at radius 2 is 2.11 bits per heavy atom. The summed E-state index contributed by atoms with van der Waals surface area (Å²) in [6.07, 6.45) is 5.55. The third-order valence-electron chi connectivity index (χ3n) is 3.03. The Kier molecular flexibility index (Phi) is 4.52. The van der Waals surface area contributed by atoms with Crippen molar-refractivity contribution in [3.05, 3.63) is 42.5 Å². The van der Waals surface area contributed by atoms with Crippen LogP contribution in [-0.2, 0) is 4.74 Å². The van der Waals surface area contributed by atoms with E-state index in [9.17, 15) is 0 Å². The summed E-state index contributed by atoms with van der Waals surface area (Å²) in [6, 6.07) is 6.25. The standard InChI is InChI=1S/C14H20N4O/c1-11(10-19-3)18-9-8-16-14(18)17-12(2)13-6-4-5-7-15-13/h4-9,11-12H,10H2,1-3H3,(H,16,17). The van der Waals surface area contributed by atoms with Crippen LogP contribution in [0.4, 0.5) is 5.95 Å². The lowest BCUT2D eigenvalue weighted by molar-refractivity contribution is 0.163. The number of aromatic nitrogens is 3. The average molecular weight is 260 g/mol. The molecule has 0 saturated carbocycles. The summed E-state index contributed by atoms with van der Waals surface area (Å²) < 4.78 is 7.26. The van der Waals surface area contributed by atoms with Gasteiger partial charge in [-0.15, -0.1) is 0 Å². The lowest BCUT2D eigenvalue weighted by Gasteiger charge is -2.19. The molecule has 102 valence electrons. The van der Waals surface area contributed by atoms with E-state index >= 15 is 0 Å². The molecular weight excluding hydrogens is 240 g/mol. The van der Waals surface area contributed by atoms with E-state index in [4.69, 9.17) is 4.74 Å². The zero-order chi connectivity index (χ0) is 13.7. The molecule has 0 fully saturated rings. The second-order valence-corrected chi connectivity index (χ2v) is 4.58. The van der Waals surface area contributed by atoms with E-state index in [-0.39, 0.29) is 12.1 Å². The van der Waals surface area contributed by atoms with Crippen LogP contribution in [0, 0.1) is 0 Å². The van der Waals surface area contributed by atoms with Crippen molar-refractivity contribution in [1.82, 2.24) is 14.5 Å². The number of hydrogen-bond donors (Lipinski definition) is 1. The van der Waals surface area contributed by atoms with Crippen LogP contribution in [0.1, 0.15) is 31.6 Å². The molecular formula is C14H20N4O. The Morgan fingerprint density at radius 1 is 1.26 bits per heavy atom. The molecule has 1 N–H and O–H groups in total. The quantitative estimate of drug-likeness (QED) is 0.867. The van der Waals surface area contributed by atoms with Crippen molar-refractivity contribution < 1.29 is 4.74 Å². The first kappa shape index (κ1) is 13.5. The molecule has 5 nitrogen and oxygen atoms in total. The van der Waals surface area contributed by atoms with E-state index < -0.39 is 0 Å². The molecule has 0 aromatic carbocycles. The van der Waals surface area contributed by atoms with Crippen molar-refractivity contribution in [1.29, 1.82) is 0 Å². The van der Waals surface area contributed by atoms with Crippen LogP contribution in [0.15, 0.2) is 36.8 Å². The highest BCUT2D eigenvalue weighted by Crippen LogP contribution is 2.19. The van der Waals surface area contributed by atoms with Gasteiger partial charge in [-0.05, 0) is 26.0 Å². The Balaban J connectivity index is 2.09. The molecule has 2 aromatic heterocycles. The second-order valence-electron chi connectivity index (χ2n) is 4.58. The summed E-state index contributed by atoms with van der Waals surface area (Å²) in [5.74, 6) is 0.836. The molecule has 2 rings (SSSR count). The molecule has 0 aliphatic carbocycles. The average Bonchev–Trinajstić information content (AvgIpc) is 2.88. The van der Waals surface area contributed by atoms with Crippen LogP contribution in [0.5, 0.6) is 0 Å². The fraction of sp³-hybridized carbons (Fsp3) is 0.429. The van der Waals surface area contributed by atoms with Gasteiger partial charge in [-0.25, -0.2) is 4.98 Å². The molecule has 0 saturated heterocycles. The van der Waals surface area contributed by atoms with Crippen molar-refractivity contribution in [2.24, 2.45) is 0 Å². The minimum Gasteiger partial charge on any atom is -0.383 e. The van der Waals surface area contributed by atoms with Crippen LogP contribution < -0.4 is 5.32 Å². The highest BCUT2D eigenvalue weighted by Gasteiger charge is 2.13. The number of nitrogens with zero attached hydrogens (tertiary/aromatic N) is 3. The summed E-state index contributed by atoms with van der Waals surface area (Å²) in [4.78, 5) is 8.70. The molecule has 0 aliphatic heterocycles. The van der Waals surface area contributed by atoms with Gasteiger partial charge in [0.15, 0.2) is 0 Å². The minimum absolute atomic E-state index is 0.108. The highest BCUT2D eigenvalue weighted by molar-refractivity contribution is 5.30. The van der Waals surface area contributed by atoms with Crippen molar-refractivity contribution in [3.8, 4) is 0 Å². The van der Waals surface area contributed by atoms with E-state index in [2.05, 4.69) is 33.7 Å². The van der Waals surface area contributed by atoms with Gasteiger partial charge in [0.05, 0.1) is 24.4 Å². The first-order chi connectivity index (χ1) is 9.22. The number of methoxy groups -OCH3 is 1. The van der Waals surface area contributed by atoms with Crippen molar-refractivity contribution in [3.63, 3.8) is 0 Å². The molecule has 0 bridgehead atoms. The van der Waals surface area contributed by atoms with E-state index in [1.54, 1.807) is 19.5 Å². The summed E-state index contributed by atoms with van der Waals surface area (Å²) in [7, 11) is 1.71. The monoisotopic (exact) mass is 260 g/mol. The number of imidazole rings is 1. The molecule has 2 heterocycles. The van der Waals surface area contributed by atoms with Gasteiger partial charge in [-0.1, -0.05) is 6.07 Å². The molecule has 19 heavy (non-hydrogen) atoms. The van der Waals surface area contributed by atoms with E-state index in [0.29, 0.717) is 6.61 Å². The maximum atomic E-state index is 5.18. The van der Waals surface area contributed by atoms with E-state index in [1.807, 2.05) is 24.4 Å². The Morgan fingerprint density at radius 3 is 2.79 bits per heavy atom. The smallest absolute Gasteiger partial charge is 0.203 e. The fourth-order valence-corrected chi connectivity index (χ4v) is 2.00. The third-order valence-corrected chi connectivity index (χ3v) is 3.03. The fourth-order valence-electron chi connectivity index (χ4n) is 2.00. The Labute approximate surface area is 113 Å². The van der Waals surface area contributed by atoms with Gasteiger partial charge in [0.1, 0.15) is 0 Å². The summed E-state index contributed by atoms with van der Waals surface area (Å²) >= 11 is 0. The largest absolute Gasteiger partial charge is 0.383 e. The molecule has 2 atom stereocenters. The highest BCUT2D eigenvalue weighted by atomic mass is 16.5. The summed E-state index contributed by atoms with van der Waals surface area (Å²) in [6.45, 7) is 4.83.